The van der Waals surface area contributed by atoms with Gasteiger partial charge in [-0.15, -0.1) is 0 Å². The van der Waals surface area contributed by atoms with Gasteiger partial charge in [0.05, 0.1) is 17.6 Å². The molecule has 3 rings (SSSR count). The van der Waals surface area contributed by atoms with E-state index < -0.39 is 4.92 Å². The molecule has 0 saturated carbocycles. The Kier molecular flexibility index (Phi) is 2.46. The number of hydrogen-bond donors (Lipinski definition) is 0. The molecule has 0 fully saturated rings. The molecule has 0 unspecified atom stereocenters. The molecule has 19 heavy (non-hydrogen) atoms. The molecule has 0 aliphatic heterocycles. The third kappa shape index (κ3) is 1.82. The summed E-state index contributed by atoms with van der Waals surface area (Å²) in [5, 5.41) is 15.4. The van der Waals surface area contributed by atoms with Crippen LogP contribution >= 0.6 is 11.6 Å². The summed E-state index contributed by atoms with van der Waals surface area (Å²) in [4.78, 5) is 18.2. The molecule has 0 N–H and O–H groups in total. The molecule has 0 bridgehead atoms. The molecule has 0 aliphatic carbocycles. The van der Waals surface area contributed by atoms with Crippen LogP contribution in [0.5, 0.6) is 0 Å². The SMILES string of the molecule is Cn1ncc2c(Cl)nc(-c3ccc([N+](=O)[O-])o3)nc21. The second kappa shape index (κ2) is 4.02. The van der Waals surface area contributed by atoms with Gasteiger partial charge in [0.2, 0.25) is 0 Å². The van der Waals surface area contributed by atoms with Gasteiger partial charge in [0.1, 0.15) is 10.1 Å². The van der Waals surface area contributed by atoms with Crippen LogP contribution in [-0.4, -0.2) is 24.7 Å². The Labute approximate surface area is 110 Å². The van der Waals surface area contributed by atoms with Gasteiger partial charge in [-0.3, -0.25) is 14.8 Å². The molecule has 0 atom stereocenters. The predicted octanol–water partition coefficient (Wildman–Crippen LogP) is 2.18. The van der Waals surface area contributed by atoms with Crippen LogP contribution in [0.25, 0.3) is 22.6 Å². The van der Waals surface area contributed by atoms with Crippen molar-refractivity contribution >= 4 is 28.5 Å². The smallest absolute Gasteiger partial charge is 0.397 e. The van der Waals surface area contributed by atoms with E-state index in [9.17, 15) is 10.1 Å². The van der Waals surface area contributed by atoms with Crippen molar-refractivity contribution in [3.05, 3.63) is 33.6 Å². The normalized spacial score (nSPS) is 11.1. The highest BCUT2D eigenvalue weighted by atomic mass is 35.5. The Morgan fingerprint density at radius 2 is 2.21 bits per heavy atom. The van der Waals surface area contributed by atoms with Crippen molar-refractivity contribution in [2.45, 2.75) is 0 Å². The van der Waals surface area contributed by atoms with E-state index in [1.807, 2.05) is 0 Å². The van der Waals surface area contributed by atoms with E-state index >= 15 is 0 Å². The Hall–Kier alpha value is -2.48. The summed E-state index contributed by atoms with van der Waals surface area (Å²) in [5.74, 6) is -0.0225. The second-order valence-electron chi connectivity index (χ2n) is 3.74. The van der Waals surface area contributed by atoms with Crippen LogP contribution in [-0.2, 0) is 7.05 Å². The van der Waals surface area contributed by atoms with Crippen molar-refractivity contribution in [3.8, 4) is 11.6 Å². The van der Waals surface area contributed by atoms with Crippen molar-refractivity contribution in [2.75, 3.05) is 0 Å². The van der Waals surface area contributed by atoms with Crippen LogP contribution in [0.15, 0.2) is 22.7 Å². The zero-order valence-electron chi connectivity index (χ0n) is 9.57. The summed E-state index contributed by atoms with van der Waals surface area (Å²) in [6.07, 6.45) is 1.55. The number of nitro groups is 1. The monoisotopic (exact) mass is 279 g/mol. The van der Waals surface area contributed by atoms with Crippen molar-refractivity contribution in [3.63, 3.8) is 0 Å². The molecule has 3 heterocycles. The van der Waals surface area contributed by atoms with E-state index in [2.05, 4.69) is 15.1 Å². The zero-order chi connectivity index (χ0) is 13.6. The average Bonchev–Trinajstić information content (AvgIpc) is 2.97. The molecular weight excluding hydrogens is 274 g/mol. The number of fused-ring (bicyclic) bond motifs is 1. The van der Waals surface area contributed by atoms with Crippen LogP contribution in [0, 0.1) is 10.1 Å². The van der Waals surface area contributed by atoms with Gasteiger partial charge in [0.25, 0.3) is 0 Å². The predicted molar refractivity (Wildman–Crippen MR) is 65.7 cm³/mol. The van der Waals surface area contributed by atoms with Gasteiger partial charge >= 0.3 is 5.88 Å². The van der Waals surface area contributed by atoms with Gasteiger partial charge in [-0.1, -0.05) is 11.6 Å². The zero-order valence-corrected chi connectivity index (χ0v) is 10.3. The Morgan fingerprint density at radius 3 is 2.89 bits per heavy atom. The van der Waals surface area contributed by atoms with Gasteiger partial charge in [-0.2, -0.15) is 5.10 Å². The summed E-state index contributed by atoms with van der Waals surface area (Å²) < 4.78 is 6.57. The van der Waals surface area contributed by atoms with Crippen molar-refractivity contribution in [1.29, 1.82) is 0 Å². The molecule has 9 heteroatoms. The van der Waals surface area contributed by atoms with Crippen LogP contribution < -0.4 is 0 Å². The lowest BCUT2D eigenvalue weighted by molar-refractivity contribution is -0.401. The molecule has 0 saturated heterocycles. The van der Waals surface area contributed by atoms with E-state index in [1.165, 1.54) is 16.8 Å². The van der Waals surface area contributed by atoms with Gasteiger partial charge in [0, 0.05) is 7.05 Å². The van der Waals surface area contributed by atoms with Gasteiger partial charge in [-0.05, 0) is 6.07 Å². The highest BCUT2D eigenvalue weighted by molar-refractivity contribution is 6.34. The first-order valence-electron chi connectivity index (χ1n) is 5.16. The minimum atomic E-state index is -0.631. The van der Waals surface area contributed by atoms with Crippen LogP contribution in [0.2, 0.25) is 5.15 Å². The van der Waals surface area contributed by atoms with E-state index in [4.69, 9.17) is 16.0 Å². The first kappa shape index (κ1) is 11.6. The maximum atomic E-state index is 10.6. The maximum Gasteiger partial charge on any atom is 0.433 e. The first-order chi connectivity index (χ1) is 9.06. The fourth-order valence-corrected chi connectivity index (χ4v) is 1.86. The number of furan rings is 1. The number of rotatable bonds is 2. The molecule has 0 radical (unpaired) electrons. The average molecular weight is 280 g/mol. The topological polar surface area (TPSA) is 99.9 Å². The van der Waals surface area contributed by atoms with E-state index in [0.29, 0.717) is 11.0 Å². The van der Waals surface area contributed by atoms with Gasteiger partial charge in [-0.25, -0.2) is 9.97 Å². The molecule has 0 aromatic carbocycles. The molecule has 96 valence electrons. The van der Waals surface area contributed by atoms with Gasteiger partial charge < -0.3 is 4.42 Å². The largest absolute Gasteiger partial charge is 0.433 e. The summed E-state index contributed by atoms with van der Waals surface area (Å²) >= 11 is 6.01. The second-order valence-corrected chi connectivity index (χ2v) is 4.10. The quantitative estimate of drug-likeness (QED) is 0.405. The fourth-order valence-electron chi connectivity index (χ4n) is 1.64. The number of nitrogens with zero attached hydrogens (tertiary/aromatic N) is 5. The summed E-state index contributed by atoms with van der Waals surface area (Å²) in [6, 6.07) is 2.66. The van der Waals surface area contributed by atoms with Crippen molar-refractivity contribution in [1.82, 2.24) is 19.7 Å². The lowest BCUT2D eigenvalue weighted by Crippen LogP contribution is -1.95. The molecule has 3 aromatic rings. The lowest BCUT2D eigenvalue weighted by Gasteiger charge is -1.99. The number of halogens is 1. The standard InChI is InChI=1S/C10H6ClN5O3/c1-15-10-5(4-12-15)8(11)13-9(14-10)6-2-3-7(19-6)16(17)18/h2-4H,1H3. The highest BCUT2D eigenvalue weighted by Crippen LogP contribution is 2.27. The number of aromatic nitrogens is 4. The summed E-state index contributed by atoms with van der Waals surface area (Å²) in [5.41, 5.74) is 0.522. The third-order valence-corrected chi connectivity index (χ3v) is 2.83. The minimum Gasteiger partial charge on any atom is -0.397 e. The number of hydrogen-bond acceptors (Lipinski definition) is 6. The Bertz CT molecular complexity index is 794. The fraction of sp³-hybridized carbons (Fsp3) is 0.100. The molecule has 0 spiro atoms. The van der Waals surface area contributed by atoms with Gasteiger partial charge in [0.15, 0.2) is 17.2 Å². The molecule has 0 aliphatic rings. The lowest BCUT2D eigenvalue weighted by atomic mass is 10.4. The summed E-state index contributed by atoms with van der Waals surface area (Å²) in [7, 11) is 1.71. The minimum absolute atomic E-state index is 0.175. The number of aryl methyl sites for hydroxylation is 1. The molecule has 3 aromatic heterocycles. The van der Waals surface area contributed by atoms with Crippen molar-refractivity contribution < 1.29 is 9.34 Å². The van der Waals surface area contributed by atoms with E-state index in [0.717, 1.165) is 0 Å². The highest BCUT2D eigenvalue weighted by Gasteiger charge is 2.17. The maximum absolute atomic E-state index is 10.6. The third-order valence-electron chi connectivity index (χ3n) is 2.54. The van der Waals surface area contributed by atoms with Crippen molar-refractivity contribution in [2.24, 2.45) is 7.05 Å². The van der Waals surface area contributed by atoms with Crippen LogP contribution in [0.1, 0.15) is 0 Å². The summed E-state index contributed by atoms with van der Waals surface area (Å²) in [6.45, 7) is 0. The molecular formula is C10H6ClN5O3. The molecule has 8 nitrogen and oxygen atoms in total. The van der Waals surface area contributed by atoms with Crippen LogP contribution in [0.4, 0.5) is 5.88 Å². The van der Waals surface area contributed by atoms with E-state index in [1.54, 1.807) is 13.2 Å². The van der Waals surface area contributed by atoms with E-state index in [-0.39, 0.29) is 22.6 Å². The Balaban J connectivity index is 2.18. The first-order valence-corrected chi connectivity index (χ1v) is 5.54. The van der Waals surface area contributed by atoms with Crippen LogP contribution in [0.3, 0.4) is 0 Å². The molecule has 0 amide bonds. The Morgan fingerprint density at radius 1 is 1.42 bits per heavy atom.